The van der Waals surface area contributed by atoms with Gasteiger partial charge >= 0.3 is 0 Å². The van der Waals surface area contributed by atoms with Crippen LogP contribution in [0.4, 0.5) is 0 Å². The van der Waals surface area contributed by atoms with Gasteiger partial charge < -0.3 is 5.32 Å². The summed E-state index contributed by atoms with van der Waals surface area (Å²) in [5, 5.41) is 4.01. The van der Waals surface area contributed by atoms with E-state index in [9.17, 15) is 0 Å². The van der Waals surface area contributed by atoms with Crippen molar-refractivity contribution in [2.24, 2.45) is 23.7 Å². The van der Waals surface area contributed by atoms with Gasteiger partial charge in [-0.1, -0.05) is 20.3 Å². The molecule has 0 radical (unpaired) electrons. The van der Waals surface area contributed by atoms with E-state index in [1.807, 2.05) is 0 Å². The van der Waals surface area contributed by atoms with Crippen LogP contribution in [0.15, 0.2) is 0 Å². The molecule has 0 aromatic carbocycles. The van der Waals surface area contributed by atoms with E-state index in [-0.39, 0.29) is 0 Å². The van der Waals surface area contributed by atoms with E-state index in [0.717, 1.165) is 35.8 Å². The Labute approximate surface area is 100 Å². The second-order valence-electron chi connectivity index (χ2n) is 7.06. The predicted molar refractivity (Wildman–Crippen MR) is 68.3 cm³/mol. The average molecular weight is 221 g/mol. The number of hydrogen-bond acceptors (Lipinski definition) is 1. The molecule has 3 saturated carbocycles. The first-order valence-electron chi connectivity index (χ1n) is 7.46. The van der Waals surface area contributed by atoms with Gasteiger partial charge in [0.25, 0.3) is 0 Å². The highest BCUT2D eigenvalue weighted by Crippen LogP contribution is 2.45. The molecule has 0 spiro atoms. The van der Waals surface area contributed by atoms with E-state index in [1.165, 1.54) is 44.9 Å². The van der Waals surface area contributed by atoms with E-state index in [0.29, 0.717) is 0 Å². The van der Waals surface area contributed by atoms with Gasteiger partial charge in [0.05, 0.1) is 0 Å². The van der Waals surface area contributed by atoms with Crippen LogP contribution >= 0.6 is 0 Å². The van der Waals surface area contributed by atoms with E-state index in [4.69, 9.17) is 0 Å². The molecule has 3 aliphatic rings. The molecule has 0 heterocycles. The van der Waals surface area contributed by atoms with E-state index < -0.39 is 0 Å². The van der Waals surface area contributed by atoms with Crippen LogP contribution in [0.3, 0.4) is 0 Å². The molecule has 0 aromatic rings. The third kappa shape index (κ3) is 2.16. The first-order valence-corrected chi connectivity index (χ1v) is 7.46. The zero-order valence-electron chi connectivity index (χ0n) is 10.9. The fraction of sp³-hybridized carbons (Fsp3) is 1.00. The van der Waals surface area contributed by atoms with Crippen LogP contribution in [0.1, 0.15) is 58.8 Å². The van der Waals surface area contributed by atoms with Crippen LogP contribution in [0.5, 0.6) is 0 Å². The fourth-order valence-corrected chi connectivity index (χ4v) is 4.83. The largest absolute Gasteiger partial charge is 0.311 e. The third-order valence-corrected chi connectivity index (χ3v) is 5.37. The fourth-order valence-electron chi connectivity index (χ4n) is 4.83. The minimum Gasteiger partial charge on any atom is -0.311 e. The summed E-state index contributed by atoms with van der Waals surface area (Å²) in [4.78, 5) is 0. The Morgan fingerprint density at radius 3 is 2.12 bits per heavy atom. The molecule has 5 atom stereocenters. The molecule has 1 heteroatoms. The monoisotopic (exact) mass is 221 g/mol. The van der Waals surface area contributed by atoms with Crippen molar-refractivity contribution in [1.29, 1.82) is 0 Å². The molecule has 2 bridgehead atoms. The van der Waals surface area contributed by atoms with Crippen molar-refractivity contribution < 1.29 is 0 Å². The standard InChI is InChI=1S/C15H27N/c1-10-5-11(2)7-14(6-10)16-15-9-12-3-4-13(15)8-12/h10-16H,3-9H2,1-2H3. The van der Waals surface area contributed by atoms with Crippen LogP contribution in [0.2, 0.25) is 0 Å². The molecule has 3 aliphatic carbocycles. The van der Waals surface area contributed by atoms with E-state index in [2.05, 4.69) is 19.2 Å². The topological polar surface area (TPSA) is 12.0 Å². The molecule has 1 nitrogen and oxygen atoms in total. The van der Waals surface area contributed by atoms with Crippen molar-refractivity contribution in [3.8, 4) is 0 Å². The van der Waals surface area contributed by atoms with Gasteiger partial charge in [0.1, 0.15) is 0 Å². The number of nitrogens with one attached hydrogen (secondary N) is 1. The minimum atomic E-state index is 0.836. The number of hydrogen-bond donors (Lipinski definition) is 1. The van der Waals surface area contributed by atoms with E-state index in [1.54, 1.807) is 0 Å². The maximum Gasteiger partial charge on any atom is 0.0101 e. The summed E-state index contributed by atoms with van der Waals surface area (Å²) in [5.74, 6) is 4.01. The highest BCUT2D eigenvalue weighted by Gasteiger charge is 2.40. The molecule has 3 rings (SSSR count). The maximum absolute atomic E-state index is 4.01. The summed E-state index contributed by atoms with van der Waals surface area (Å²) < 4.78 is 0. The van der Waals surface area contributed by atoms with Crippen molar-refractivity contribution in [1.82, 2.24) is 5.32 Å². The van der Waals surface area contributed by atoms with Gasteiger partial charge in [0.2, 0.25) is 0 Å². The Balaban J connectivity index is 1.54. The highest BCUT2D eigenvalue weighted by atomic mass is 15.0. The molecule has 0 aliphatic heterocycles. The van der Waals surface area contributed by atoms with Crippen molar-refractivity contribution in [2.75, 3.05) is 0 Å². The zero-order chi connectivity index (χ0) is 11.1. The molecule has 5 unspecified atom stereocenters. The summed E-state index contributed by atoms with van der Waals surface area (Å²) >= 11 is 0. The van der Waals surface area contributed by atoms with Crippen LogP contribution in [0, 0.1) is 23.7 Å². The predicted octanol–water partition coefficient (Wildman–Crippen LogP) is 3.59. The molecule has 92 valence electrons. The van der Waals surface area contributed by atoms with Crippen LogP contribution in [-0.2, 0) is 0 Å². The molecule has 0 aromatic heterocycles. The van der Waals surface area contributed by atoms with Crippen molar-refractivity contribution in [3.05, 3.63) is 0 Å². The summed E-state index contributed by atoms with van der Waals surface area (Å²) in [7, 11) is 0. The van der Waals surface area contributed by atoms with Gasteiger partial charge in [-0.15, -0.1) is 0 Å². The lowest BCUT2D eigenvalue weighted by Gasteiger charge is -2.36. The second-order valence-corrected chi connectivity index (χ2v) is 7.06. The Bertz CT molecular complexity index is 240. The lowest BCUT2D eigenvalue weighted by Crippen LogP contribution is -2.44. The first-order chi connectivity index (χ1) is 7.70. The summed E-state index contributed by atoms with van der Waals surface area (Å²) in [6.45, 7) is 4.87. The third-order valence-electron chi connectivity index (χ3n) is 5.37. The van der Waals surface area contributed by atoms with Gasteiger partial charge in [-0.2, -0.15) is 0 Å². The van der Waals surface area contributed by atoms with Crippen molar-refractivity contribution in [2.45, 2.75) is 70.9 Å². The Kier molecular flexibility index (Phi) is 2.99. The molecule has 0 amide bonds. The summed E-state index contributed by atoms with van der Waals surface area (Å²) in [5.41, 5.74) is 0. The lowest BCUT2D eigenvalue weighted by molar-refractivity contribution is 0.206. The second kappa shape index (κ2) is 4.33. The summed E-state index contributed by atoms with van der Waals surface area (Å²) in [6, 6.07) is 1.73. The van der Waals surface area contributed by atoms with Crippen molar-refractivity contribution in [3.63, 3.8) is 0 Å². The van der Waals surface area contributed by atoms with Crippen molar-refractivity contribution >= 4 is 0 Å². The zero-order valence-corrected chi connectivity index (χ0v) is 10.9. The SMILES string of the molecule is CC1CC(C)CC(NC2CC3CCC2C3)C1. The van der Waals surface area contributed by atoms with Crippen LogP contribution in [0.25, 0.3) is 0 Å². The smallest absolute Gasteiger partial charge is 0.0101 e. The van der Waals surface area contributed by atoms with Gasteiger partial charge in [0, 0.05) is 12.1 Å². The minimum absolute atomic E-state index is 0.836. The number of fused-ring (bicyclic) bond motifs is 2. The Hall–Kier alpha value is -0.0400. The van der Waals surface area contributed by atoms with E-state index >= 15 is 0 Å². The van der Waals surface area contributed by atoms with Gasteiger partial charge in [-0.3, -0.25) is 0 Å². The van der Waals surface area contributed by atoms with Gasteiger partial charge in [-0.25, -0.2) is 0 Å². The Morgan fingerprint density at radius 1 is 0.812 bits per heavy atom. The highest BCUT2D eigenvalue weighted by molar-refractivity contribution is 4.96. The first kappa shape index (κ1) is 11.1. The number of rotatable bonds is 2. The average Bonchev–Trinajstić information content (AvgIpc) is 2.77. The van der Waals surface area contributed by atoms with Crippen LogP contribution < -0.4 is 5.32 Å². The van der Waals surface area contributed by atoms with Gasteiger partial charge in [-0.05, 0) is 62.2 Å². The molecular formula is C15H27N. The molecule has 1 N–H and O–H groups in total. The molecule has 0 saturated heterocycles. The van der Waals surface area contributed by atoms with Crippen LogP contribution in [-0.4, -0.2) is 12.1 Å². The lowest BCUT2D eigenvalue weighted by atomic mass is 9.79. The Morgan fingerprint density at radius 2 is 1.56 bits per heavy atom. The molecule has 3 fully saturated rings. The quantitative estimate of drug-likeness (QED) is 0.751. The van der Waals surface area contributed by atoms with Gasteiger partial charge in [0.15, 0.2) is 0 Å². The normalized spacial score (nSPS) is 52.1. The maximum atomic E-state index is 4.01. The molecule has 16 heavy (non-hydrogen) atoms. The summed E-state index contributed by atoms with van der Waals surface area (Å²) in [6.07, 6.45) is 10.4. The molecular weight excluding hydrogens is 194 g/mol.